The Kier molecular flexibility index (Phi) is 5.26. The van der Waals surface area contributed by atoms with Gasteiger partial charge in [-0.2, -0.15) is 0 Å². The van der Waals surface area contributed by atoms with Gasteiger partial charge in [0.1, 0.15) is 18.2 Å². The van der Waals surface area contributed by atoms with Crippen molar-refractivity contribution in [3.05, 3.63) is 87.9 Å². The van der Waals surface area contributed by atoms with Gasteiger partial charge in [0.05, 0.1) is 5.57 Å². The van der Waals surface area contributed by atoms with Crippen LogP contribution in [0.15, 0.2) is 66.0 Å². The Morgan fingerprint density at radius 2 is 1.84 bits per heavy atom. The summed E-state index contributed by atoms with van der Waals surface area (Å²) in [6.07, 6.45) is 1.62. The first-order valence-electron chi connectivity index (χ1n) is 7.58. The Morgan fingerprint density at radius 1 is 1.08 bits per heavy atom. The van der Waals surface area contributed by atoms with Crippen LogP contribution in [0, 0.1) is 5.82 Å². The molecular weight excluding hydrogens is 339 g/mol. The lowest BCUT2D eigenvalue weighted by molar-refractivity contribution is -0.130. The van der Waals surface area contributed by atoms with Crippen LogP contribution < -0.4 is 4.74 Å². The summed E-state index contributed by atoms with van der Waals surface area (Å²) in [5.41, 5.74) is 1.48. The van der Waals surface area contributed by atoms with Crippen LogP contribution in [0.25, 0.3) is 11.6 Å². The van der Waals surface area contributed by atoms with E-state index in [2.05, 4.69) is 0 Å². The van der Waals surface area contributed by atoms with E-state index in [4.69, 9.17) is 4.74 Å². The lowest BCUT2D eigenvalue weighted by Crippen LogP contribution is -1.98. The maximum absolute atomic E-state index is 13.6. The van der Waals surface area contributed by atoms with Crippen molar-refractivity contribution in [2.75, 3.05) is 0 Å². The second-order valence-electron chi connectivity index (χ2n) is 5.29. The van der Waals surface area contributed by atoms with Gasteiger partial charge in [0.2, 0.25) is 0 Å². The molecule has 0 spiro atoms. The number of carboxylic acid groups (broad SMARTS) is 1. The van der Waals surface area contributed by atoms with Crippen molar-refractivity contribution in [1.29, 1.82) is 0 Å². The van der Waals surface area contributed by atoms with E-state index in [1.54, 1.807) is 54.6 Å². The number of carbonyl (C=O) groups is 1. The lowest BCUT2D eigenvalue weighted by Gasteiger charge is -2.07. The molecule has 0 radical (unpaired) electrons. The van der Waals surface area contributed by atoms with E-state index in [-0.39, 0.29) is 18.0 Å². The molecule has 1 heterocycles. The van der Waals surface area contributed by atoms with Crippen molar-refractivity contribution >= 4 is 29.0 Å². The molecule has 126 valence electrons. The fourth-order valence-electron chi connectivity index (χ4n) is 2.27. The fourth-order valence-corrected chi connectivity index (χ4v) is 3.01. The van der Waals surface area contributed by atoms with Gasteiger partial charge in [-0.1, -0.05) is 36.4 Å². The second-order valence-corrected chi connectivity index (χ2v) is 6.24. The average molecular weight is 354 g/mol. The average Bonchev–Trinajstić information content (AvgIpc) is 3.14. The normalized spacial score (nSPS) is 11.3. The highest BCUT2D eigenvalue weighted by molar-refractivity contribution is 7.11. The third-order valence-corrected chi connectivity index (χ3v) is 4.46. The smallest absolute Gasteiger partial charge is 0.337 e. The molecule has 3 aromatic rings. The van der Waals surface area contributed by atoms with Gasteiger partial charge in [0.15, 0.2) is 0 Å². The number of benzene rings is 2. The minimum absolute atomic E-state index is 0.136. The summed E-state index contributed by atoms with van der Waals surface area (Å²) in [7, 11) is 0. The van der Waals surface area contributed by atoms with Gasteiger partial charge in [-0.3, -0.25) is 0 Å². The molecule has 0 saturated carbocycles. The molecule has 0 amide bonds. The Labute approximate surface area is 148 Å². The van der Waals surface area contributed by atoms with Gasteiger partial charge in [-0.25, -0.2) is 9.18 Å². The molecule has 0 aliphatic carbocycles. The lowest BCUT2D eigenvalue weighted by atomic mass is 10.1. The van der Waals surface area contributed by atoms with Crippen molar-refractivity contribution in [1.82, 2.24) is 0 Å². The third-order valence-electron chi connectivity index (χ3n) is 3.56. The number of carboxylic acids is 1. The maximum Gasteiger partial charge on any atom is 0.337 e. The van der Waals surface area contributed by atoms with E-state index in [1.165, 1.54) is 17.4 Å². The van der Waals surface area contributed by atoms with E-state index < -0.39 is 5.97 Å². The standard InChI is InChI=1S/C20H15FO3S/c21-18-5-2-1-4-15(18)13-24-16-9-7-14(8-10-16)12-17(20(22)23)19-6-3-11-25-19/h1-12H,13H2,(H,22,23)/b17-12-. The highest BCUT2D eigenvalue weighted by Gasteiger charge is 2.11. The first-order valence-corrected chi connectivity index (χ1v) is 8.46. The zero-order valence-corrected chi connectivity index (χ0v) is 14.0. The number of rotatable bonds is 6. The van der Waals surface area contributed by atoms with Crippen LogP contribution in [0.1, 0.15) is 16.0 Å². The van der Waals surface area contributed by atoms with Gasteiger partial charge < -0.3 is 9.84 Å². The topological polar surface area (TPSA) is 46.5 Å². The minimum Gasteiger partial charge on any atom is -0.489 e. The first-order chi connectivity index (χ1) is 12.1. The van der Waals surface area contributed by atoms with Crippen LogP contribution in [0.3, 0.4) is 0 Å². The van der Waals surface area contributed by atoms with Crippen molar-refractivity contribution < 1.29 is 19.0 Å². The summed E-state index contributed by atoms with van der Waals surface area (Å²) < 4.78 is 19.1. The summed E-state index contributed by atoms with van der Waals surface area (Å²) in [5.74, 6) is -0.681. The summed E-state index contributed by atoms with van der Waals surface area (Å²) in [6, 6.07) is 17.1. The quantitative estimate of drug-likeness (QED) is 0.627. The first kappa shape index (κ1) is 16.9. The fraction of sp³-hybridized carbons (Fsp3) is 0.0500. The van der Waals surface area contributed by atoms with E-state index >= 15 is 0 Å². The van der Waals surface area contributed by atoms with Crippen LogP contribution >= 0.6 is 11.3 Å². The predicted octanol–water partition coefficient (Wildman–Crippen LogP) is 5.09. The van der Waals surface area contributed by atoms with Crippen LogP contribution in [-0.4, -0.2) is 11.1 Å². The van der Waals surface area contributed by atoms with Gasteiger partial charge >= 0.3 is 5.97 Å². The van der Waals surface area contributed by atoms with E-state index in [1.807, 2.05) is 11.4 Å². The molecule has 0 aliphatic heterocycles. The van der Waals surface area contributed by atoms with Crippen molar-refractivity contribution in [3.63, 3.8) is 0 Å². The molecule has 0 aliphatic rings. The zero-order chi connectivity index (χ0) is 17.6. The summed E-state index contributed by atoms with van der Waals surface area (Å²) in [6.45, 7) is 0.136. The van der Waals surface area contributed by atoms with Gasteiger partial charge in [0, 0.05) is 10.4 Å². The van der Waals surface area contributed by atoms with Crippen LogP contribution in [-0.2, 0) is 11.4 Å². The molecule has 1 N–H and O–H groups in total. The Balaban J connectivity index is 1.72. The highest BCUT2D eigenvalue weighted by atomic mass is 32.1. The molecule has 0 bridgehead atoms. The molecule has 3 nitrogen and oxygen atoms in total. The number of ether oxygens (including phenoxy) is 1. The van der Waals surface area contributed by atoms with Crippen LogP contribution in [0.2, 0.25) is 0 Å². The molecule has 0 fully saturated rings. The number of halogens is 1. The van der Waals surface area contributed by atoms with E-state index in [9.17, 15) is 14.3 Å². The number of aliphatic carboxylic acids is 1. The largest absolute Gasteiger partial charge is 0.489 e. The third kappa shape index (κ3) is 4.33. The van der Waals surface area contributed by atoms with Crippen LogP contribution in [0.4, 0.5) is 4.39 Å². The summed E-state index contributed by atoms with van der Waals surface area (Å²) in [5, 5.41) is 11.2. The van der Waals surface area contributed by atoms with E-state index in [0.29, 0.717) is 16.2 Å². The monoisotopic (exact) mass is 354 g/mol. The van der Waals surface area contributed by atoms with Gasteiger partial charge in [-0.05, 0) is 41.3 Å². The Hall–Kier alpha value is -2.92. The van der Waals surface area contributed by atoms with Crippen LogP contribution in [0.5, 0.6) is 5.75 Å². The predicted molar refractivity (Wildman–Crippen MR) is 97.0 cm³/mol. The SMILES string of the molecule is O=C(O)/C(=C\c1ccc(OCc2ccccc2F)cc1)c1cccs1. The molecule has 0 saturated heterocycles. The summed E-state index contributed by atoms with van der Waals surface area (Å²) >= 11 is 1.38. The molecule has 5 heteroatoms. The van der Waals surface area contributed by atoms with Crippen molar-refractivity contribution in [3.8, 4) is 5.75 Å². The minimum atomic E-state index is -0.970. The molecule has 1 aromatic heterocycles. The molecular formula is C20H15FO3S. The molecule has 0 atom stereocenters. The maximum atomic E-state index is 13.6. The number of thiophene rings is 1. The number of hydrogen-bond acceptors (Lipinski definition) is 3. The molecule has 2 aromatic carbocycles. The summed E-state index contributed by atoms with van der Waals surface area (Å²) in [4.78, 5) is 12.1. The van der Waals surface area contributed by atoms with Gasteiger partial charge in [-0.15, -0.1) is 11.3 Å². The second kappa shape index (κ2) is 7.77. The Morgan fingerprint density at radius 3 is 2.48 bits per heavy atom. The number of hydrogen-bond donors (Lipinski definition) is 1. The van der Waals surface area contributed by atoms with E-state index in [0.717, 1.165) is 5.56 Å². The molecule has 0 unspecified atom stereocenters. The molecule has 3 rings (SSSR count). The zero-order valence-electron chi connectivity index (χ0n) is 13.2. The molecule has 25 heavy (non-hydrogen) atoms. The Bertz CT molecular complexity index is 884. The van der Waals surface area contributed by atoms with Crippen molar-refractivity contribution in [2.24, 2.45) is 0 Å². The van der Waals surface area contributed by atoms with Gasteiger partial charge in [0.25, 0.3) is 0 Å². The van der Waals surface area contributed by atoms with Crippen molar-refractivity contribution in [2.45, 2.75) is 6.61 Å². The highest BCUT2D eigenvalue weighted by Crippen LogP contribution is 2.24.